The number of fused-ring (bicyclic) bond motifs is 1. The van der Waals surface area contributed by atoms with Crippen molar-refractivity contribution >= 4 is 5.71 Å². The smallest absolute Gasteiger partial charge is 0.0541 e. The molecule has 0 saturated carbocycles. The van der Waals surface area contributed by atoms with Crippen molar-refractivity contribution in [3.63, 3.8) is 0 Å². The first-order valence-corrected chi connectivity index (χ1v) is 7.02. The lowest BCUT2D eigenvalue weighted by atomic mass is 9.93. The SMILES string of the molecule is CCc1ccc(C)c(C#CC2=CN=C3C=CC=CC23)c1. The fraction of sp³-hybridized carbons (Fsp3) is 0.211. The van der Waals surface area contributed by atoms with Crippen LogP contribution in [0.1, 0.15) is 23.6 Å². The lowest BCUT2D eigenvalue weighted by molar-refractivity contribution is 1.11. The first-order chi connectivity index (χ1) is 9.78. The molecule has 1 nitrogen and oxygen atoms in total. The van der Waals surface area contributed by atoms with E-state index in [-0.39, 0.29) is 5.92 Å². The van der Waals surface area contributed by atoms with Gasteiger partial charge in [0, 0.05) is 17.3 Å². The minimum absolute atomic E-state index is 0.252. The summed E-state index contributed by atoms with van der Waals surface area (Å²) in [5.41, 5.74) is 5.86. The molecule has 20 heavy (non-hydrogen) atoms. The number of benzene rings is 1. The Labute approximate surface area is 120 Å². The van der Waals surface area contributed by atoms with Gasteiger partial charge in [0.2, 0.25) is 0 Å². The summed E-state index contributed by atoms with van der Waals surface area (Å²) < 4.78 is 0. The molecule has 0 spiro atoms. The number of hydrogen-bond acceptors (Lipinski definition) is 1. The van der Waals surface area contributed by atoms with E-state index in [2.05, 4.69) is 67.1 Å². The van der Waals surface area contributed by atoms with E-state index >= 15 is 0 Å². The summed E-state index contributed by atoms with van der Waals surface area (Å²) in [7, 11) is 0. The topological polar surface area (TPSA) is 12.4 Å². The number of hydrogen-bond donors (Lipinski definition) is 0. The number of rotatable bonds is 1. The Morgan fingerprint density at radius 3 is 2.95 bits per heavy atom. The van der Waals surface area contributed by atoms with Crippen LogP contribution in [-0.4, -0.2) is 5.71 Å². The molecule has 0 amide bonds. The Morgan fingerprint density at radius 2 is 2.10 bits per heavy atom. The van der Waals surface area contributed by atoms with Crippen LogP contribution < -0.4 is 0 Å². The van der Waals surface area contributed by atoms with E-state index in [1.165, 1.54) is 11.1 Å². The number of aryl methyl sites for hydroxylation is 2. The van der Waals surface area contributed by atoms with E-state index in [0.717, 1.165) is 23.3 Å². The summed E-state index contributed by atoms with van der Waals surface area (Å²) in [4.78, 5) is 4.42. The molecule has 0 bridgehead atoms. The van der Waals surface area contributed by atoms with Crippen molar-refractivity contribution < 1.29 is 0 Å². The van der Waals surface area contributed by atoms with Gasteiger partial charge in [-0.25, -0.2) is 0 Å². The maximum Gasteiger partial charge on any atom is 0.0541 e. The molecule has 1 unspecified atom stereocenters. The highest BCUT2D eigenvalue weighted by Crippen LogP contribution is 2.24. The zero-order valence-electron chi connectivity index (χ0n) is 11.9. The number of nitrogens with zero attached hydrogens (tertiary/aromatic N) is 1. The maximum atomic E-state index is 4.42. The zero-order valence-corrected chi connectivity index (χ0v) is 11.9. The predicted molar refractivity (Wildman–Crippen MR) is 84.7 cm³/mol. The molecular formula is C19H17N. The third-order valence-corrected chi connectivity index (χ3v) is 3.74. The molecule has 1 heteroatoms. The van der Waals surface area contributed by atoms with Gasteiger partial charge < -0.3 is 0 Å². The minimum Gasteiger partial charge on any atom is -0.259 e. The van der Waals surface area contributed by atoms with Crippen LogP contribution >= 0.6 is 0 Å². The van der Waals surface area contributed by atoms with Crippen molar-refractivity contribution in [3.05, 3.63) is 71.0 Å². The molecule has 0 aromatic heterocycles. The fourth-order valence-corrected chi connectivity index (χ4v) is 2.42. The highest BCUT2D eigenvalue weighted by molar-refractivity contribution is 6.03. The van der Waals surface area contributed by atoms with Gasteiger partial charge in [0.05, 0.1) is 11.6 Å². The van der Waals surface area contributed by atoms with Gasteiger partial charge in [0.15, 0.2) is 0 Å². The first kappa shape index (κ1) is 12.7. The third kappa shape index (κ3) is 2.38. The van der Waals surface area contributed by atoms with Crippen molar-refractivity contribution in [3.8, 4) is 11.8 Å². The Bertz CT molecular complexity index is 718. The lowest BCUT2D eigenvalue weighted by Gasteiger charge is -2.09. The second-order valence-electron chi connectivity index (χ2n) is 5.11. The molecule has 98 valence electrons. The summed E-state index contributed by atoms with van der Waals surface area (Å²) in [6.45, 7) is 4.28. The molecule has 1 heterocycles. The minimum atomic E-state index is 0.252. The Kier molecular flexibility index (Phi) is 3.39. The second-order valence-corrected chi connectivity index (χ2v) is 5.11. The average Bonchev–Trinajstić information content (AvgIpc) is 2.90. The molecule has 0 radical (unpaired) electrons. The van der Waals surface area contributed by atoms with Crippen molar-refractivity contribution in [1.29, 1.82) is 0 Å². The van der Waals surface area contributed by atoms with Crippen LogP contribution in [0.4, 0.5) is 0 Å². The molecule has 1 aliphatic carbocycles. The third-order valence-electron chi connectivity index (χ3n) is 3.74. The molecule has 0 saturated heterocycles. The largest absolute Gasteiger partial charge is 0.259 e. The van der Waals surface area contributed by atoms with Crippen LogP contribution in [0.15, 0.2) is 59.3 Å². The summed E-state index contributed by atoms with van der Waals surface area (Å²) in [6, 6.07) is 6.51. The van der Waals surface area contributed by atoms with E-state index in [9.17, 15) is 0 Å². The van der Waals surface area contributed by atoms with Gasteiger partial charge in [-0.05, 0) is 36.6 Å². The van der Waals surface area contributed by atoms with Gasteiger partial charge in [-0.2, -0.15) is 0 Å². The summed E-state index contributed by atoms with van der Waals surface area (Å²) in [5.74, 6) is 6.87. The van der Waals surface area contributed by atoms with E-state index in [4.69, 9.17) is 0 Å². The maximum absolute atomic E-state index is 4.42. The van der Waals surface area contributed by atoms with Gasteiger partial charge in [-0.3, -0.25) is 4.99 Å². The van der Waals surface area contributed by atoms with E-state index in [1.807, 2.05) is 12.3 Å². The van der Waals surface area contributed by atoms with E-state index < -0.39 is 0 Å². The molecule has 3 rings (SSSR count). The summed E-state index contributed by atoms with van der Waals surface area (Å²) in [5, 5.41) is 0. The highest BCUT2D eigenvalue weighted by atomic mass is 14.7. The van der Waals surface area contributed by atoms with Crippen molar-refractivity contribution in [2.24, 2.45) is 10.9 Å². The van der Waals surface area contributed by atoms with Gasteiger partial charge in [0.25, 0.3) is 0 Å². The number of aliphatic imine (C=N–C) groups is 1. The first-order valence-electron chi connectivity index (χ1n) is 7.02. The highest BCUT2D eigenvalue weighted by Gasteiger charge is 2.20. The lowest BCUT2D eigenvalue weighted by Crippen LogP contribution is -2.09. The van der Waals surface area contributed by atoms with Crippen LogP contribution in [-0.2, 0) is 6.42 Å². The van der Waals surface area contributed by atoms with Gasteiger partial charge in [0.1, 0.15) is 0 Å². The monoisotopic (exact) mass is 259 g/mol. The standard InChI is InChI=1S/C19H17N/c1-3-15-9-8-14(2)16(12-15)10-11-17-13-20-19-7-5-4-6-18(17)19/h4-9,12-13,18H,3H2,1-2H3. The van der Waals surface area contributed by atoms with Crippen molar-refractivity contribution in [2.45, 2.75) is 20.3 Å². The Balaban J connectivity index is 1.87. The molecule has 1 atom stereocenters. The van der Waals surface area contributed by atoms with Crippen LogP contribution in [0.5, 0.6) is 0 Å². The fourth-order valence-electron chi connectivity index (χ4n) is 2.42. The molecule has 2 aliphatic rings. The molecule has 0 fully saturated rings. The van der Waals surface area contributed by atoms with Crippen LogP contribution in [0.3, 0.4) is 0 Å². The molecule has 1 aromatic carbocycles. The van der Waals surface area contributed by atoms with E-state index in [0.29, 0.717) is 0 Å². The van der Waals surface area contributed by atoms with Gasteiger partial charge in [-0.15, -0.1) is 0 Å². The Morgan fingerprint density at radius 1 is 1.20 bits per heavy atom. The average molecular weight is 259 g/mol. The normalized spacial score (nSPS) is 19.0. The molecular weight excluding hydrogens is 242 g/mol. The Hall–Kier alpha value is -2.33. The van der Waals surface area contributed by atoms with Crippen molar-refractivity contribution in [1.82, 2.24) is 0 Å². The molecule has 1 aromatic rings. The number of allylic oxidation sites excluding steroid dienone is 5. The second kappa shape index (κ2) is 5.35. The summed E-state index contributed by atoms with van der Waals surface area (Å²) >= 11 is 0. The van der Waals surface area contributed by atoms with Crippen molar-refractivity contribution in [2.75, 3.05) is 0 Å². The summed E-state index contributed by atoms with van der Waals surface area (Å²) in [6.07, 6.45) is 11.2. The van der Waals surface area contributed by atoms with Crippen LogP contribution in [0.2, 0.25) is 0 Å². The van der Waals surface area contributed by atoms with Crippen LogP contribution in [0.25, 0.3) is 0 Å². The molecule has 1 aliphatic heterocycles. The zero-order chi connectivity index (χ0) is 13.9. The van der Waals surface area contributed by atoms with Gasteiger partial charge in [-0.1, -0.05) is 49.1 Å². The van der Waals surface area contributed by atoms with E-state index in [1.54, 1.807) is 0 Å². The quantitative estimate of drug-likeness (QED) is 0.676. The van der Waals surface area contributed by atoms with Crippen LogP contribution in [0, 0.1) is 24.7 Å². The molecule has 0 N–H and O–H groups in total. The van der Waals surface area contributed by atoms with Gasteiger partial charge >= 0.3 is 0 Å². The predicted octanol–water partition coefficient (Wildman–Crippen LogP) is 3.99.